The van der Waals surface area contributed by atoms with Gasteiger partial charge >= 0.3 is 0 Å². The standard InChI is InChI=1S/C7H4BrClF2N2O2/c8-1-3-5(7(10)11)4(13(14)15)2-12-6(3)9/h2,7H,1H2. The Hall–Kier alpha value is -0.820. The molecule has 0 N–H and O–H groups in total. The van der Waals surface area contributed by atoms with Gasteiger partial charge in [0, 0.05) is 10.9 Å². The molecular formula is C7H4BrClF2N2O2. The molecule has 0 saturated carbocycles. The van der Waals surface area contributed by atoms with Gasteiger partial charge in [0.2, 0.25) is 0 Å². The van der Waals surface area contributed by atoms with Crippen LogP contribution in [0.5, 0.6) is 0 Å². The van der Waals surface area contributed by atoms with Crippen molar-refractivity contribution in [1.82, 2.24) is 4.98 Å². The minimum Gasteiger partial charge on any atom is -0.258 e. The summed E-state index contributed by atoms with van der Waals surface area (Å²) in [6.45, 7) is 0. The van der Waals surface area contributed by atoms with E-state index in [0.29, 0.717) is 0 Å². The van der Waals surface area contributed by atoms with Crippen LogP contribution in [0.25, 0.3) is 0 Å². The van der Waals surface area contributed by atoms with Gasteiger partial charge in [-0.1, -0.05) is 27.5 Å². The molecule has 15 heavy (non-hydrogen) atoms. The van der Waals surface area contributed by atoms with Gasteiger partial charge < -0.3 is 0 Å². The van der Waals surface area contributed by atoms with Crippen molar-refractivity contribution in [2.75, 3.05) is 0 Å². The summed E-state index contributed by atoms with van der Waals surface area (Å²) >= 11 is 8.48. The van der Waals surface area contributed by atoms with E-state index in [4.69, 9.17) is 11.6 Å². The monoisotopic (exact) mass is 300 g/mol. The molecule has 1 aromatic heterocycles. The maximum absolute atomic E-state index is 12.6. The third kappa shape index (κ3) is 2.40. The molecule has 0 radical (unpaired) electrons. The minimum absolute atomic E-state index is 0.0137. The Morgan fingerprint density at radius 3 is 2.67 bits per heavy atom. The van der Waals surface area contributed by atoms with Crippen molar-refractivity contribution >= 4 is 33.2 Å². The van der Waals surface area contributed by atoms with Gasteiger partial charge in [0.1, 0.15) is 16.9 Å². The first-order valence-electron chi connectivity index (χ1n) is 3.64. The predicted molar refractivity (Wildman–Crippen MR) is 53.5 cm³/mol. The van der Waals surface area contributed by atoms with Crippen molar-refractivity contribution in [3.8, 4) is 0 Å². The summed E-state index contributed by atoms with van der Waals surface area (Å²) in [7, 11) is 0. The Kier molecular flexibility index (Phi) is 3.92. The van der Waals surface area contributed by atoms with Gasteiger partial charge in [-0.15, -0.1) is 0 Å². The third-order valence-electron chi connectivity index (χ3n) is 1.70. The first kappa shape index (κ1) is 12.3. The van der Waals surface area contributed by atoms with Gasteiger partial charge in [0.15, 0.2) is 0 Å². The Balaban J connectivity index is 3.49. The number of nitro groups is 1. The highest BCUT2D eigenvalue weighted by atomic mass is 79.9. The summed E-state index contributed by atoms with van der Waals surface area (Å²) in [6.07, 6.45) is -2.23. The molecule has 0 atom stereocenters. The van der Waals surface area contributed by atoms with Gasteiger partial charge in [-0.3, -0.25) is 10.1 Å². The molecule has 0 spiro atoms. The molecule has 0 aliphatic heterocycles. The maximum atomic E-state index is 12.6. The molecular weight excluding hydrogens is 297 g/mol. The highest BCUT2D eigenvalue weighted by Gasteiger charge is 2.27. The van der Waals surface area contributed by atoms with Gasteiger partial charge in [0.25, 0.3) is 12.1 Å². The lowest BCUT2D eigenvalue weighted by molar-refractivity contribution is -0.386. The van der Waals surface area contributed by atoms with Crippen molar-refractivity contribution in [3.05, 3.63) is 32.6 Å². The van der Waals surface area contributed by atoms with Crippen LogP contribution in [0.4, 0.5) is 14.5 Å². The van der Waals surface area contributed by atoms with E-state index in [1.807, 2.05) is 0 Å². The molecule has 8 heteroatoms. The maximum Gasteiger partial charge on any atom is 0.296 e. The van der Waals surface area contributed by atoms with Crippen LogP contribution in [-0.2, 0) is 5.33 Å². The Morgan fingerprint density at radius 1 is 1.67 bits per heavy atom. The van der Waals surface area contributed by atoms with E-state index < -0.39 is 22.6 Å². The molecule has 0 aromatic carbocycles. The van der Waals surface area contributed by atoms with Crippen LogP contribution in [0, 0.1) is 10.1 Å². The fourth-order valence-corrected chi connectivity index (χ4v) is 1.99. The van der Waals surface area contributed by atoms with Crippen LogP contribution < -0.4 is 0 Å². The first-order chi connectivity index (χ1) is 6.99. The number of alkyl halides is 3. The second kappa shape index (κ2) is 4.80. The number of rotatable bonds is 3. The summed E-state index contributed by atoms with van der Waals surface area (Å²) < 4.78 is 25.2. The normalized spacial score (nSPS) is 10.7. The number of nitrogens with zero attached hydrogens (tertiary/aromatic N) is 2. The molecule has 0 aliphatic carbocycles. The molecule has 0 aliphatic rings. The van der Waals surface area contributed by atoms with Crippen LogP contribution in [0.15, 0.2) is 6.20 Å². The Morgan fingerprint density at radius 2 is 2.27 bits per heavy atom. The Bertz CT molecular complexity index is 403. The van der Waals surface area contributed by atoms with Crippen molar-refractivity contribution < 1.29 is 13.7 Å². The van der Waals surface area contributed by atoms with Crippen LogP contribution in [0.3, 0.4) is 0 Å². The van der Waals surface area contributed by atoms with E-state index in [0.717, 1.165) is 6.20 Å². The van der Waals surface area contributed by atoms with Crippen LogP contribution in [0.2, 0.25) is 5.15 Å². The molecule has 0 saturated heterocycles. The number of hydrogen-bond acceptors (Lipinski definition) is 3. The summed E-state index contributed by atoms with van der Waals surface area (Å²) in [5, 5.41) is 10.3. The smallest absolute Gasteiger partial charge is 0.258 e. The minimum atomic E-state index is -2.96. The van der Waals surface area contributed by atoms with Crippen molar-refractivity contribution in [1.29, 1.82) is 0 Å². The van der Waals surface area contributed by atoms with E-state index in [-0.39, 0.29) is 16.0 Å². The molecule has 1 aromatic rings. The number of pyridine rings is 1. The predicted octanol–water partition coefficient (Wildman–Crippen LogP) is 3.48. The quantitative estimate of drug-likeness (QED) is 0.372. The molecule has 0 fully saturated rings. The summed E-state index contributed by atoms with van der Waals surface area (Å²) in [6, 6.07) is 0. The Labute approximate surface area is 96.5 Å². The second-order valence-electron chi connectivity index (χ2n) is 2.52. The van der Waals surface area contributed by atoms with Crippen molar-refractivity contribution in [3.63, 3.8) is 0 Å². The summed E-state index contributed by atoms with van der Waals surface area (Å²) in [5.41, 5.74) is -1.46. The lowest BCUT2D eigenvalue weighted by Crippen LogP contribution is -2.02. The molecule has 1 heterocycles. The van der Waals surface area contributed by atoms with Crippen molar-refractivity contribution in [2.45, 2.75) is 11.8 Å². The third-order valence-corrected chi connectivity index (χ3v) is 2.59. The van der Waals surface area contributed by atoms with E-state index in [2.05, 4.69) is 20.9 Å². The number of halogens is 4. The van der Waals surface area contributed by atoms with E-state index >= 15 is 0 Å². The molecule has 4 nitrogen and oxygen atoms in total. The highest BCUT2D eigenvalue weighted by Crippen LogP contribution is 2.35. The molecule has 82 valence electrons. The van der Waals surface area contributed by atoms with Gasteiger partial charge in [-0.2, -0.15) is 0 Å². The van der Waals surface area contributed by atoms with Gasteiger partial charge in [-0.05, 0) is 0 Å². The lowest BCUT2D eigenvalue weighted by atomic mass is 10.1. The topological polar surface area (TPSA) is 56.0 Å². The zero-order valence-corrected chi connectivity index (χ0v) is 9.43. The van der Waals surface area contributed by atoms with Crippen molar-refractivity contribution in [2.24, 2.45) is 0 Å². The molecule has 1 rings (SSSR count). The largest absolute Gasteiger partial charge is 0.296 e. The zero-order chi connectivity index (χ0) is 11.6. The fourth-order valence-electron chi connectivity index (χ4n) is 1.05. The van der Waals surface area contributed by atoms with E-state index in [9.17, 15) is 18.9 Å². The van der Waals surface area contributed by atoms with Crippen LogP contribution in [0.1, 0.15) is 17.6 Å². The molecule has 0 unspecified atom stereocenters. The van der Waals surface area contributed by atoms with E-state index in [1.165, 1.54) is 0 Å². The number of aromatic nitrogens is 1. The zero-order valence-electron chi connectivity index (χ0n) is 7.08. The van der Waals surface area contributed by atoms with Gasteiger partial charge in [-0.25, -0.2) is 13.8 Å². The lowest BCUT2D eigenvalue weighted by Gasteiger charge is -2.07. The SMILES string of the molecule is O=[N+]([O-])c1cnc(Cl)c(CBr)c1C(F)F. The molecule has 0 bridgehead atoms. The highest BCUT2D eigenvalue weighted by molar-refractivity contribution is 9.08. The average Bonchev–Trinajstić information content (AvgIpc) is 2.16. The summed E-state index contributed by atoms with van der Waals surface area (Å²) in [4.78, 5) is 13.0. The van der Waals surface area contributed by atoms with Crippen LogP contribution >= 0.6 is 27.5 Å². The summed E-state index contributed by atoms with van der Waals surface area (Å²) in [5.74, 6) is 0. The van der Waals surface area contributed by atoms with E-state index in [1.54, 1.807) is 0 Å². The molecule has 0 amide bonds. The average molecular weight is 301 g/mol. The van der Waals surface area contributed by atoms with Crippen LogP contribution in [-0.4, -0.2) is 9.91 Å². The first-order valence-corrected chi connectivity index (χ1v) is 5.14. The van der Waals surface area contributed by atoms with Gasteiger partial charge in [0.05, 0.1) is 4.92 Å². The fraction of sp³-hybridized carbons (Fsp3) is 0.286. The number of hydrogen-bond donors (Lipinski definition) is 0. The second-order valence-corrected chi connectivity index (χ2v) is 3.44.